The molecule has 0 saturated heterocycles. The first kappa shape index (κ1) is 12.1. The number of hydrogen-bond acceptors (Lipinski definition) is 3. The molecule has 0 aliphatic heterocycles. The van der Waals surface area contributed by atoms with E-state index in [1.54, 1.807) is 7.11 Å². The minimum atomic E-state index is 0.441. The zero-order valence-electron chi connectivity index (χ0n) is 9.87. The van der Waals surface area contributed by atoms with Crippen molar-refractivity contribution in [3.63, 3.8) is 0 Å². The highest BCUT2D eigenvalue weighted by Crippen LogP contribution is 2.29. The normalized spacial score (nSPS) is 10.8. The van der Waals surface area contributed by atoms with Crippen molar-refractivity contribution in [1.29, 1.82) is 0 Å². The number of ether oxygens (including phenoxy) is 2. The van der Waals surface area contributed by atoms with Gasteiger partial charge < -0.3 is 9.47 Å². The predicted molar refractivity (Wildman–Crippen MR) is 68.6 cm³/mol. The van der Waals surface area contributed by atoms with Crippen LogP contribution in [0.15, 0.2) is 24.3 Å². The molecule has 0 spiro atoms. The number of hydrogen-bond donors (Lipinski definition) is 0. The molecule has 1 aromatic heterocycles. The molecule has 1 aromatic carbocycles. The summed E-state index contributed by atoms with van der Waals surface area (Å²) in [5.74, 6) is 0.754. The highest BCUT2D eigenvalue weighted by Gasteiger charge is 2.08. The van der Waals surface area contributed by atoms with Crippen LogP contribution >= 0.6 is 11.6 Å². The maximum Gasteiger partial charge on any atom is 0.145 e. The summed E-state index contributed by atoms with van der Waals surface area (Å²) in [5, 5.41) is 1.57. The summed E-state index contributed by atoms with van der Waals surface area (Å²) in [5.41, 5.74) is 1.59. The first-order valence-electron chi connectivity index (χ1n) is 5.46. The lowest BCUT2D eigenvalue weighted by atomic mass is 10.2. The van der Waals surface area contributed by atoms with Crippen molar-refractivity contribution in [2.45, 2.75) is 13.5 Å². The number of fused-ring (bicyclic) bond motifs is 1. The molecule has 4 heteroatoms. The number of aromatic nitrogens is 1. The highest BCUT2D eigenvalue weighted by molar-refractivity contribution is 6.35. The van der Waals surface area contributed by atoms with Crippen LogP contribution in [0.1, 0.15) is 12.6 Å². The Hall–Kier alpha value is -1.32. The number of rotatable bonds is 4. The summed E-state index contributed by atoms with van der Waals surface area (Å²) in [7, 11) is 1.63. The van der Waals surface area contributed by atoms with Crippen LogP contribution in [-0.2, 0) is 11.3 Å². The molecule has 2 rings (SSSR count). The Kier molecular flexibility index (Phi) is 3.82. The number of para-hydroxylation sites is 1. The Morgan fingerprint density at radius 2 is 2.18 bits per heavy atom. The van der Waals surface area contributed by atoms with Crippen LogP contribution < -0.4 is 4.74 Å². The lowest BCUT2D eigenvalue weighted by Gasteiger charge is -2.09. The fourth-order valence-electron chi connectivity index (χ4n) is 1.72. The second-order valence-corrected chi connectivity index (χ2v) is 4.02. The van der Waals surface area contributed by atoms with Gasteiger partial charge in [0.25, 0.3) is 0 Å². The van der Waals surface area contributed by atoms with Gasteiger partial charge in [-0.05, 0) is 19.1 Å². The van der Waals surface area contributed by atoms with Crippen LogP contribution in [0.2, 0.25) is 5.02 Å². The molecular weight excluding hydrogens is 238 g/mol. The molecule has 3 nitrogen and oxygen atoms in total. The molecular formula is C13H14ClNO2. The van der Waals surface area contributed by atoms with E-state index in [1.165, 1.54) is 0 Å². The van der Waals surface area contributed by atoms with Gasteiger partial charge in [0.1, 0.15) is 11.3 Å². The monoisotopic (exact) mass is 251 g/mol. The van der Waals surface area contributed by atoms with Crippen LogP contribution in [0, 0.1) is 0 Å². The summed E-state index contributed by atoms with van der Waals surface area (Å²) in [6.45, 7) is 2.99. The topological polar surface area (TPSA) is 31.4 Å². The van der Waals surface area contributed by atoms with Crippen molar-refractivity contribution in [2.24, 2.45) is 0 Å². The maximum atomic E-state index is 6.22. The lowest BCUT2D eigenvalue weighted by molar-refractivity contribution is 0.182. The van der Waals surface area contributed by atoms with E-state index in [4.69, 9.17) is 21.1 Å². The molecule has 0 aliphatic rings. The molecule has 17 heavy (non-hydrogen) atoms. The van der Waals surface area contributed by atoms with Crippen molar-refractivity contribution in [3.8, 4) is 5.75 Å². The average molecular weight is 252 g/mol. The molecule has 0 atom stereocenters. The first-order valence-corrected chi connectivity index (χ1v) is 5.84. The number of nitrogens with zero attached hydrogens (tertiary/aromatic N) is 1. The van der Waals surface area contributed by atoms with Gasteiger partial charge in [0.2, 0.25) is 0 Å². The minimum absolute atomic E-state index is 0.441. The van der Waals surface area contributed by atoms with Crippen molar-refractivity contribution >= 4 is 22.5 Å². The molecule has 0 unspecified atom stereocenters. The van der Waals surface area contributed by atoms with Gasteiger partial charge in [-0.2, -0.15) is 0 Å². The zero-order valence-corrected chi connectivity index (χ0v) is 10.6. The molecule has 0 radical (unpaired) electrons. The average Bonchev–Trinajstić information content (AvgIpc) is 2.31. The van der Waals surface area contributed by atoms with E-state index in [0.717, 1.165) is 22.3 Å². The molecule has 0 saturated carbocycles. The Balaban J connectivity index is 2.60. The van der Waals surface area contributed by atoms with E-state index in [1.807, 2.05) is 31.2 Å². The number of methoxy groups -OCH3 is 1. The Morgan fingerprint density at radius 1 is 1.35 bits per heavy atom. The van der Waals surface area contributed by atoms with E-state index in [9.17, 15) is 0 Å². The van der Waals surface area contributed by atoms with Gasteiger partial charge in [0, 0.05) is 12.5 Å². The van der Waals surface area contributed by atoms with Crippen LogP contribution in [0.25, 0.3) is 10.9 Å². The molecule has 0 aliphatic carbocycles. The summed E-state index contributed by atoms with van der Waals surface area (Å²) in [4.78, 5) is 4.51. The third-order valence-corrected chi connectivity index (χ3v) is 2.71. The number of benzene rings is 1. The van der Waals surface area contributed by atoms with Crippen LogP contribution in [0.4, 0.5) is 0 Å². The van der Waals surface area contributed by atoms with Crippen LogP contribution in [0.3, 0.4) is 0 Å². The first-order chi connectivity index (χ1) is 8.26. The van der Waals surface area contributed by atoms with Gasteiger partial charge in [-0.1, -0.05) is 23.7 Å². The van der Waals surface area contributed by atoms with E-state index >= 15 is 0 Å². The third kappa shape index (κ3) is 2.51. The summed E-state index contributed by atoms with van der Waals surface area (Å²) < 4.78 is 10.6. The molecule has 0 N–H and O–H groups in total. The second kappa shape index (κ2) is 5.34. The van der Waals surface area contributed by atoms with Gasteiger partial charge in [0.15, 0.2) is 0 Å². The van der Waals surface area contributed by atoms with E-state index in [2.05, 4.69) is 4.98 Å². The molecule has 90 valence electrons. The summed E-state index contributed by atoms with van der Waals surface area (Å²) in [6, 6.07) is 7.56. The Labute approximate surface area is 105 Å². The van der Waals surface area contributed by atoms with Crippen LogP contribution in [0.5, 0.6) is 5.75 Å². The SMILES string of the molecule is CCOc1cccc2c(Cl)cc(COC)nc12. The quantitative estimate of drug-likeness (QED) is 0.834. The minimum Gasteiger partial charge on any atom is -0.492 e. The zero-order chi connectivity index (χ0) is 12.3. The van der Waals surface area contributed by atoms with Crippen molar-refractivity contribution < 1.29 is 9.47 Å². The van der Waals surface area contributed by atoms with Crippen molar-refractivity contribution in [2.75, 3.05) is 13.7 Å². The molecule has 0 amide bonds. The Bertz CT molecular complexity index is 528. The largest absolute Gasteiger partial charge is 0.492 e. The fourth-order valence-corrected chi connectivity index (χ4v) is 2.00. The molecule has 2 aromatic rings. The summed E-state index contributed by atoms with van der Waals surface area (Å²) in [6.07, 6.45) is 0. The van der Waals surface area contributed by atoms with E-state index in [0.29, 0.717) is 18.2 Å². The lowest BCUT2D eigenvalue weighted by Crippen LogP contribution is -1.97. The van der Waals surface area contributed by atoms with Gasteiger partial charge in [-0.3, -0.25) is 0 Å². The standard InChI is InChI=1S/C13H14ClNO2/c1-3-17-12-6-4-5-10-11(14)7-9(8-16-2)15-13(10)12/h4-7H,3,8H2,1-2H3. The highest BCUT2D eigenvalue weighted by atomic mass is 35.5. The van der Waals surface area contributed by atoms with E-state index < -0.39 is 0 Å². The van der Waals surface area contributed by atoms with Gasteiger partial charge in [-0.25, -0.2) is 4.98 Å². The molecule has 0 fully saturated rings. The maximum absolute atomic E-state index is 6.22. The van der Waals surface area contributed by atoms with Crippen LogP contribution in [-0.4, -0.2) is 18.7 Å². The third-order valence-electron chi connectivity index (χ3n) is 2.40. The fraction of sp³-hybridized carbons (Fsp3) is 0.308. The van der Waals surface area contributed by atoms with Gasteiger partial charge >= 0.3 is 0 Å². The van der Waals surface area contributed by atoms with Gasteiger partial charge in [-0.15, -0.1) is 0 Å². The number of pyridine rings is 1. The predicted octanol–water partition coefficient (Wildman–Crippen LogP) is 3.43. The Morgan fingerprint density at radius 3 is 2.88 bits per heavy atom. The smallest absolute Gasteiger partial charge is 0.145 e. The van der Waals surface area contributed by atoms with Gasteiger partial charge in [0.05, 0.1) is 23.9 Å². The molecule has 1 heterocycles. The van der Waals surface area contributed by atoms with E-state index in [-0.39, 0.29) is 0 Å². The summed E-state index contributed by atoms with van der Waals surface area (Å²) >= 11 is 6.22. The van der Waals surface area contributed by atoms with Crippen molar-refractivity contribution in [3.05, 3.63) is 35.0 Å². The number of halogens is 1. The molecule has 0 bridgehead atoms. The van der Waals surface area contributed by atoms with Crippen molar-refractivity contribution in [1.82, 2.24) is 4.98 Å². The second-order valence-electron chi connectivity index (χ2n) is 3.61.